The van der Waals surface area contributed by atoms with Gasteiger partial charge in [-0.1, -0.05) is 0 Å². The lowest BCUT2D eigenvalue weighted by Gasteiger charge is -2.10. The van der Waals surface area contributed by atoms with Crippen LogP contribution in [0.1, 0.15) is 11.1 Å². The average molecular weight is 162 g/mol. The summed E-state index contributed by atoms with van der Waals surface area (Å²) in [6, 6.07) is 1.97. The molecule has 0 aliphatic carbocycles. The maximum atomic E-state index is 5.02. The number of hydrogen-bond acceptors (Lipinski definition) is 3. The number of nitrogens with zero attached hydrogens (tertiary/aromatic N) is 2. The van der Waals surface area contributed by atoms with Gasteiger partial charge in [0.1, 0.15) is 0 Å². The van der Waals surface area contributed by atoms with Crippen LogP contribution < -0.4 is 4.74 Å². The van der Waals surface area contributed by atoms with E-state index in [1.165, 1.54) is 11.1 Å². The Morgan fingerprint density at radius 1 is 1.42 bits per heavy atom. The summed E-state index contributed by atoms with van der Waals surface area (Å²) in [5.41, 5.74) is 2.48. The molecule has 0 aromatic carbocycles. The van der Waals surface area contributed by atoms with Crippen LogP contribution in [0.5, 0.6) is 5.88 Å². The van der Waals surface area contributed by atoms with Gasteiger partial charge in [0, 0.05) is 24.9 Å². The van der Waals surface area contributed by atoms with E-state index in [2.05, 4.69) is 9.98 Å². The van der Waals surface area contributed by atoms with Crippen LogP contribution in [0.2, 0.25) is 0 Å². The van der Waals surface area contributed by atoms with Gasteiger partial charge in [-0.15, -0.1) is 0 Å². The molecule has 1 aromatic heterocycles. The molecule has 0 saturated carbocycles. The highest BCUT2D eigenvalue weighted by molar-refractivity contribution is 5.64. The van der Waals surface area contributed by atoms with Gasteiger partial charge in [0.05, 0.1) is 13.7 Å². The van der Waals surface area contributed by atoms with Crippen molar-refractivity contribution in [3.63, 3.8) is 0 Å². The first kappa shape index (κ1) is 7.28. The van der Waals surface area contributed by atoms with Crippen LogP contribution >= 0.6 is 0 Å². The van der Waals surface area contributed by atoms with Crippen molar-refractivity contribution in [2.75, 3.05) is 7.11 Å². The Balaban J connectivity index is 2.39. The molecule has 3 heteroatoms. The molecule has 0 unspecified atom stereocenters. The smallest absolute Gasteiger partial charge is 0.213 e. The summed E-state index contributed by atoms with van der Waals surface area (Å²) in [6.45, 7) is 0.756. The Bertz CT molecular complexity index is 320. The minimum Gasteiger partial charge on any atom is -0.481 e. The quantitative estimate of drug-likeness (QED) is 0.622. The SMILES string of the molecule is COc1cc2c(cn1)CN=CC2. The zero-order valence-electron chi connectivity index (χ0n) is 6.95. The van der Waals surface area contributed by atoms with Crippen molar-refractivity contribution >= 4 is 6.21 Å². The lowest BCUT2D eigenvalue weighted by molar-refractivity contribution is 0.397. The number of aromatic nitrogens is 1. The highest BCUT2D eigenvalue weighted by atomic mass is 16.5. The molecule has 0 spiro atoms. The summed E-state index contributed by atoms with van der Waals surface area (Å²) in [6.07, 6.45) is 4.67. The molecule has 1 aliphatic heterocycles. The van der Waals surface area contributed by atoms with Crippen LogP contribution in [-0.4, -0.2) is 18.3 Å². The standard InChI is InChI=1S/C9H10N2O/c1-12-9-4-7-2-3-10-5-8(7)6-11-9/h3-4,6H,2,5H2,1H3. The topological polar surface area (TPSA) is 34.5 Å². The van der Waals surface area contributed by atoms with E-state index in [9.17, 15) is 0 Å². The summed E-state index contributed by atoms with van der Waals surface area (Å²) in [4.78, 5) is 8.28. The zero-order chi connectivity index (χ0) is 8.39. The van der Waals surface area contributed by atoms with Gasteiger partial charge in [0.15, 0.2) is 0 Å². The number of aliphatic imine (C=N–C) groups is 1. The molecule has 0 saturated heterocycles. The van der Waals surface area contributed by atoms with Gasteiger partial charge in [-0.05, 0) is 11.1 Å². The van der Waals surface area contributed by atoms with Crippen molar-refractivity contribution in [2.24, 2.45) is 4.99 Å². The maximum Gasteiger partial charge on any atom is 0.213 e. The fraction of sp³-hybridized carbons (Fsp3) is 0.333. The summed E-state index contributed by atoms with van der Waals surface area (Å²) >= 11 is 0. The van der Waals surface area contributed by atoms with E-state index in [-0.39, 0.29) is 0 Å². The van der Waals surface area contributed by atoms with E-state index in [0.29, 0.717) is 5.88 Å². The van der Waals surface area contributed by atoms with Crippen molar-refractivity contribution in [1.82, 2.24) is 4.98 Å². The van der Waals surface area contributed by atoms with Crippen molar-refractivity contribution in [1.29, 1.82) is 0 Å². The highest BCUT2D eigenvalue weighted by Gasteiger charge is 2.06. The Labute approximate surface area is 71.1 Å². The largest absolute Gasteiger partial charge is 0.481 e. The van der Waals surface area contributed by atoms with Crippen LogP contribution in [0, 0.1) is 0 Å². The summed E-state index contributed by atoms with van der Waals surface area (Å²) < 4.78 is 5.02. The summed E-state index contributed by atoms with van der Waals surface area (Å²) in [5.74, 6) is 0.684. The second kappa shape index (κ2) is 2.93. The normalized spacial score (nSPS) is 14.1. The van der Waals surface area contributed by atoms with Crippen LogP contribution in [0.4, 0.5) is 0 Å². The Hall–Kier alpha value is -1.38. The van der Waals surface area contributed by atoms with Gasteiger partial charge in [0.25, 0.3) is 0 Å². The number of pyridine rings is 1. The van der Waals surface area contributed by atoms with Gasteiger partial charge in [-0.3, -0.25) is 4.99 Å². The number of methoxy groups -OCH3 is 1. The number of hydrogen-bond donors (Lipinski definition) is 0. The fourth-order valence-corrected chi connectivity index (χ4v) is 1.27. The summed E-state index contributed by atoms with van der Waals surface area (Å²) in [7, 11) is 1.63. The van der Waals surface area contributed by atoms with E-state index < -0.39 is 0 Å². The van der Waals surface area contributed by atoms with Crippen molar-refractivity contribution in [3.8, 4) is 5.88 Å². The Kier molecular flexibility index (Phi) is 1.78. The molecule has 0 radical (unpaired) electrons. The maximum absolute atomic E-state index is 5.02. The molecule has 1 aliphatic rings. The second-order valence-corrected chi connectivity index (χ2v) is 2.72. The molecular formula is C9H10N2O. The molecule has 0 N–H and O–H groups in total. The zero-order valence-corrected chi connectivity index (χ0v) is 6.95. The van der Waals surface area contributed by atoms with E-state index >= 15 is 0 Å². The van der Waals surface area contributed by atoms with E-state index in [1.807, 2.05) is 18.5 Å². The van der Waals surface area contributed by atoms with Crippen molar-refractivity contribution in [3.05, 3.63) is 23.4 Å². The van der Waals surface area contributed by atoms with Gasteiger partial charge >= 0.3 is 0 Å². The molecule has 0 fully saturated rings. The molecular weight excluding hydrogens is 152 g/mol. The van der Waals surface area contributed by atoms with Crippen LogP contribution in [-0.2, 0) is 13.0 Å². The third kappa shape index (κ3) is 1.18. The third-order valence-corrected chi connectivity index (χ3v) is 1.97. The number of ether oxygens (including phenoxy) is 1. The Morgan fingerprint density at radius 3 is 3.17 bits per heavy atom. The second-order valence-electron chi connectivity index (χ2n) is 2.72. The van der Waals surface area contributed by atoms with Crippen molar-refractivity contribution in [2.45, 2.75) is 13.0 Å². The molecule has 2 rings (SSSR count). The molecule has 2 heterocycles. The molecule has 1 aromatic rings. The van der Waals surface area contributed by atoms with Crippen molar-refractivity contribution < 1.29 is 4.74 Å². The summed E-state index contributed by atoms with van der Waals surface area (Å²) in [5, 5.41) is 0. The van der Waals surface area contributed by atoms with Gasteiger partial charge in [-0.2, -0.15) is 0 Å². The highest BCUT2D eigenvalue weighted by Crippen LogP contribution is 2.17. The molecule has 0 amide bonds. The van der Waals surface area contributed by atoms with Crippen LogP contribution in [0.3, 0.4) is 0 Å². The number of rotatable bonds is 1. The molecule has 12 heavy (non-hydrogen) atoms. The predicted octanol–water partition coefficient (Wildman–Crippen LogP) is 1.22. The minimum absolute atomic E-state index is 0.684. The monoisotopic (exact) mass is 162 g/mol. The van der Waals surface area contributed by atoms with Gasteiger partial charge < -0.3 is 4.74 Å². The first-order valence-electron chi connectivity index (χ1n) is 3.90. The van der Waals surface area contributed by atoms with Gasteiger partial charge in [-0.25, -0.2) is 4.98 Å². The van der Waals surface area contributed by atoms with E-state index in [4.69, 9.17) is 4.74 Å². The molecule has 62 valence electrons. The minimum atomic E-state index is 0.684. The lowest BCUT2D eigenvalue weighted by Crippen LogP contribution is -2.02. The molecule has 3 nitrogen and oxygen atoms in total. The van der Waals surface area contributed by atoms with E-state index in [0.717, 1.165) is 13.0 Å². The Morgan fingerprint density at radius 2 is 2.33 bits per heavy atom. The van der Waals surface area contributed by atoms with E-state index in [1.54, 1.807) is 7.11 Å². The van der Waals surface area contributed by atoms with Crippen LogP contribution in [0.25, 0.3) is 0 Å². The lowest BCUT2D eigenvalue weighted by atomic mass is 10.1. The van der Waals surface area contributed by atoms with Gasteiger partial charge in [0.2, 0.25) is 5.88 Å². The molecule has 0 atom stereocenters. The first-order valence-corrected chi connectivity index (χ1v) is 3.90. The third-order valence-electron chi connectivity index (χ3n) is 1.97. The number of fused-ring (bicyclic) bond motifs is 1. The predicted molar refractivity (Wildman–Crippen MR) is 46.7 cm³/mol. The fourth-order valence-electron chi connectivity index (χ4n) is 1.27. The first-order chi connectivity index (χ1) is 5.90. The molecule has 0 bridgehead atoms. The average Bonchev–Trinajstić information content (AvgIpc) is 2.17. The van der Waals surface area contributed by atoms with Crippen LogP contribution in [0.15, 0.2) is 17.3 Å².